The molecule has 80 valence electrons. The summed E-state index contributed by atoms with van der Waals surface area (Å²) in [6, 6.07) is 19.4. The molecule has 2 nitrogen and oxygen atoms in total. The van der Waals surface area contributed by atoms with Gasteiger partial charge < -0.3 is 12.4 Å². The SMILES string of the molecule is [Cl-].c1ccc([O][Al+][O]c2ccccc2)cc1. The van der Waals surface area contributed by atoms with Crippen LogP contribution in [0, 0.1) is 0 Å². The number of rotatable bonds is 4. The first-order chi connectivity index (χ1) is 7.45. The fourth-order valence-electron chi connectivity index (χ4n) is 1.13. The Morgan fingerprint density at radius 2 is 1.00 bits per heavy atom. The van der Waals surface area contributed by atoms with Crippen molar-refractivity contribution in [1.29, 1.82) is 0 Å². The maximum absolute atomic E-state index is 5.47. The zero-order valence-corrected chi connectivity index (χ0v) is 10.5. The molecule has 0 fully saturated rings. The van der Waals surface area contributed by atoms with Crippen molar-refractivity contribution >= 4 is 15.9 Å². The molecule has 0 saturated heterocycles. The molecule has 0 N–H and O–H groups in total. The summed E-state index contributed by atoms with van der Waals surface area (Å²) in [4.78, 5) is 0. The van der Waals surface area contributed by atoms with Crippen molar-refractivity contribution in [2.45, 2.75) is 0 Å². The van der Waals surface area contributed by atoms with Crippen LogP contribution in [0.25, 0.3) is 0 Å². The molecule has 0 aliphatic rings. The van der Waals surface area contributed by atoms with Crippen molar-refractivity contribution in [3.63, 3.8) is 0 Å². The maximum atomic E-state index is 5.47. The van der Waals surface area contributed by atoms with Crippen LogP contribution in [-0.2, 0) is 0 Å². The predicted molar refractivity (Wildman–Crippen MR) is 59.9 cm³/mol. The molecule has 2 aromatic rings. The summed E-state index contributed by atoms with van der Waals surface area (Å²) in [5.74, 6) is 1.70. The van der Waals surface area contributed by atoms with Gasteiger partial charge in [0.25, 0.3) is 0 Å². The van der Waals surface area contributed by atoms with E-state index in [1.165, 1.54) is 0 Å². The molecule has 0 radical (unpaired) electrons. The summed E-state index contributed by atoms with van der Waals surface area (Å²) in [5.41, 5.74) is 0. The van der Waals surface area contributed by atoms with E-state index in [0.29, 0.717) is 0 Å². The van der Waals surface area contributed by atoms with E-state index in [0.717, 1.165) is 11.5 Å². The summed E-state index contributed by atoms with van der Waals surface area (Å²) < 4.78 is 10.9. The van der Waals surface area contributed by atoms with Gasteiger partial charge in [0.1, 0.15) is 0 Å². The minimum atomic E-state index is -0.499. The van der Waals surface area contributed by atoms with Crippen LogP contribution in [0.4, 0.5) is 0 Å². The van der Waals surface area contributed by atoms with Crippen LogP contribution in [0.5, 0.6) is 11.5 Å². The zero-order chi connectivity index (χ0) is 10.3. The summed E-state index contributed by atoms with van der Waals surface area (Å²) >= 11 is -0.499. The summed E-state index contributed by atoms with van der Waals surface area (Å²) in [5, 5.41) is 0. The Labute approximate surface area is 108 Å². The van der Waals surface area contributed by atoms with Gasteiger partial charge in [-0.25, -0.2) is 0 Å². The Kier molecular flexibility index (Phi) is 5.81. The van der Waals surface area contributed by atoms with Crippen LogP contribution in [-0.4, -0.2) is 15.9 Å². The molecule has 0 aliphatic heterocycles. The Morgan fingerprint density at radius 3 is 1.38 bits per heavy atom. The molecule has 0 amide bonds. The van der Waals surface area contributed by atoms with Gasteiger partial charge in [0, 0.05) is 0 Å². The number of benzene rings is 2. The van der Waals surface area contributed by atoms with Crippen molar-refractivity contribution in [2.75, 3.05) is 0 Å². The van der Waals surface area contributed by atoms with E-state index in [1.807, 2.05) is 60.7 Å². The van der Waals surface area contributed by atoms with E-state index in [2.05, 4.69) is 0 Å². The van der Waals surface area contributed by atoms with Gasteiger partial charge in [-0.2, -0.15) is 0 Å². The molecule has 0 aromatic heterocycles. The van der Waals surface area contributed by atoms with Gasteiger partial charge in [-0.15, -0.1) is 0 Å². The average Bonchev–Trinajstić information content (AvgIpc) is 2.32. The zero-order valence-electron chi connectivity index (χ0n) is 8.55. The third-order valence-electron chi connectivity index (χ3n) is 1.85. The Bertz CT molecular complexity index is 355. The normalized spacial score (nSPS) is 8.50. The third kappa shape index (κ3) is 4.16. The van der Waals surface area contributed by atoms with Crippen LogP contribution in [0.1, 0.15) is 0 Å². The van der Waals surface area contributed by atoms with E-state index in [4.69, 9.17) is 7.58 Å². The van der Waals surface area contributed by atoms with Crippen molar-refractivity contribution < 1.29 is 20.0 Å². The van der Waals surface area contributed by atoms with Gasteiger partial charge in [-0.05, 0) is 0 Å². The van der Waals surface area contributed by atoms with Gasteiger partial charge in [0.15, 0.2) is 0 Å². The molecule has 0 spiro atoms. The van der Waals surface area contributed by atoms with Crippen LogP contribution < -0.4 is 20.0 Å². The van der Waals surface area contributed by atoms with Gasteiger partial charge in [0.2, 0.25) is 0 Å². The van der Waals surface area contributed by atoms with Crippen molar-refractivity contribution in [3.8, 4) is 11.5 Å². The minimum absolute atomic E-state index is 0. The number of hydrogen-bond acceptors (Lipinski definition) is 2. The molecule has 0 heterocycles. The molecule has 16 heavy (non-hydrogen) atoms. The standard InChI is InChI=1S/2C6H6O.Al.ClH/c2*7-6-4-2-1-3-5-6;;/h2*1-5,7H;;1H/q;;+3;/p-3. The van der Waals surface area contributed by atoms with Crippen LogP contribution >= 0.6 is 0 Å². The van der Waals surface area contributed by atoms with Gasteiger partial charge >= 0.3 is 95.6 Å². The molecule has 2 rings (SSSR count). The van der Waals surface area contributed by atoms with Crippen LogP contribution in [0.15, 0.2) is 60.7 Å². The molecule has 0 unspecified atom stereocenters. The quantitative estimate of drug-likeness (QED) is 0.691. The Hall–Kier alpha value is -1.14. The fraction of sp³-hybridized carbons (Fsp3) is 0. The molecular formula is C12H10AlClO2. The van der Waals surface area contributed by atoms with E-state index in [9.17, 15) is 0 Å². The monoisotopic (exact) mass is 248 g/mol. The van der Waals surface area contributed by atoms with Crippen molar-refractivity contribution in [1.82, 2.24) is 0 Å². The molecule has 2 aromatic carbocycles. The van der Waals surface area contributed by atoms with Crippen LogP contribution in [0.3, 0.4) is 0 Å². The Morgan fingerprint density at radius 1 is 0.625 bits per heavy atom. The summed E-state index contributed by atoms with van der Waals surface area (Å²) in [6.45, 7) is 0. The predicted octanol–water partition coefficient (Wildman–Crippen LogP) is -0.317. The van der Waals surface area contributed by atoms with Gasteiger partial charge in [0.05, 0.1) is 0 Å². The molecule has 4 heteroatoms. The number of halogens is 1. The van der Waals surface area contributed by atoms with Crippen molar-refractivity contribution in [3.05, 3.63) is 60.7 Å². The van der Waals surface area contributed by atoms with E-state index in [-0.39, 0.29) is 12.4 Å². The topological polar surface area (TPSA) is 18.5 Å². The Balaban J connectivity index is 0.00000128. The second-order valence-corrected chi connectivity index (χ2v) is 3.62. The van der Waals surface area contributed by atoms with Crippen molar-refractivity contribution in [2.24, 2.45) is 0 Å². The van der Waals surface area contributed by atoms with Gasteiger partial charge in [-0.1, -0.05) is 0 Å². The van der Waals surface area contributed by atoms with E-state index in [1.54, 1.807) is 0 Å². The number of para-hydroxylation sites is 2. The second-order valence-electron chi connectivity index (χ2n) is 2.96. The second kappa shape index (κ2) is 7.19. The first-order valence-electron chi connectivity index (χ1n) is 4.70. The molecule has 0 bridgehead atoms. The molecule has 0 atom stereocenters. The number of hydrogen-bond donors (Lipinski definition) is 0. The van der Waals surface area contributed by atoms with Crippen LogP contribution in [0.2, 0.25) is 0 Å². The average molecular weight is 249 g/mol. The summed E-state index contributed by atoms with van der Waals surface area (Å²) in [6.07, 6.45) is 0. The first-order valence-corrected chi connectivity index (χ1v) is 5.64. The molecular weight excluding hydrogens is 239 g/mol. The molecule has 0 saturated carbocycles. The van der Waals surface area contributed by atoms with E-state index < -0.39 is 15.9 Å². The summed E-state index contributed by atoms with van der Waals surface area (Å²) in [7, 11) is 0. The third-order valence-corrected chi connectivity index (χ3v) is 2.59. The van der Waals surface area contributed by atoms with E-state index >= 15 is 0 Å². The fourth-order valence-corrected chi connectivity index (χ4v) is 1.72. The first kappa shape index (κ1) is 12.9. The van der Waals surface area contributed by atoms with Gasteiger partial charge in [-0.3, -0.25) is 0 Å². The molecule has 0 aliphatic carbocycles.